The lowest BCUT2D eigenvalue weighted by atomic mass is 10.3. The molecule has 0 saturated heterocycles. The molecule has 7 heteroatoms. The van der Waals surface area contributed by atoms with Crippen molar-refractivity contribution in [2.45, 2.75) is 0 Å². The van der Waals surface area contributed by atoms with Crippen LogP contribution < -0.4 is 16.6 Å². The van der Waals surface area contributed by atoms with Gasteiger partial charge in [0.1, 0.15) is 5.82 Å². The molecule has 17 heavy (non-hydrogen) atoms. The van der Waals surface area contributed by atoms with E-state index in [9.17, 15) is 4.39 Å². The fraction of sp³-hybridized carbons (Fsp3) is 0. The summed E-state index contributed by atoms with van der Waals surface area (Å²) in [5, 5.41) is 3.03. The fourth-order valence-corrected chi connectivity index (χ4v) is 1.84. The maximum atomic E-state index is 12.9. The van der Waals surface area contributed by atoms with E-state index < -0.39 is 0 Å². The molecule has 1 aromatic carbocycles. The molecule has 2 aromatic rings. The van der Waals surface area contributed by atoms with Crippen LogP contribution in [0.2, 0.25) is 0 Å². The summed E-state index contributed by atoms with van der Waals surface area (Å²) in [4.78, 5) is 8.10. The van der Waals surface area contributed by atoms with Crippen molar-refractivity contribution in [1.82, 2.24) is 9.97 Å². The van der Waals surface area contributed by atoms with Gasteiger partial charge in [0, 0.05) is 3.57 Å². The smallest absolute Gasteiger partial charge is 0.160 e. The van der Waals surface area contributed by atoms with Gasteiger partial charge in [-0.05, 0) is 40.8 Å². The molecule has 88 valence electrons. The van der Waals surface area contributed by atoms with Crippen molar-refractivity contribution in [3.8, 4) is 0 Å². The molecular formula is C10H9FIN5. The third kappa shape index (κ3) is 3.01. The average molecular weight is 345 g/mol. The van der Waals surface area contributed by atoms with Crippen LogP contribution in [0.4, 0.5) is 21.7 Å². The SMILES string of the molecule is NNc1cncc(Nc2ccc(F)cc2I)n1. The fourth-order valence-electron chi connectivity index (χ4n) is 1.22. The number of hydrogen-bond donors (Lipinski definition) is 3. The number of aromatic nitrogens is 2. The first-order valence-corrected chi connectivity index (χ1v) is 5.77. The predicted octanol–water partition coefficient (Wildman–Crippen LogP) is 2.25. The lowest BCUT2D eigenvalue weighted by Gasteiger charge is -2.08. The molecule has 0 fully saturated rings. The van der Waals surface area contributed by atoms with Crippen LogP contribution in [0, 0.1) is 9.39 Å². The topological polar surface area (TPSA) is 75.9 Å². The summed E-state index contributed by atoms with van der Waals surface area (Å²) in [6.07, 6.45) is 3.06. The first-order valence-electron chi connectivity index (χ1n) is 4.70. The van der Waals surface area contributed by atoms with Crippen LogP contribution >= 0.6 is 22.6 Å². The Morgan fingerprint density at radius 3 is 2.71 bits per heavy atom. The summed E-state index contributed by atoms with van der Waals surface area (Å²) >= 11 is 2.04. The lowest BCUT2D eigenvalue weighted by Crippen LogP contribution is -2.09. The zero-order valence-corrected chi connectivity index (χ0v) is 10.8. The van der Waals surface area contributed by atoms with Crippen LogP contribution in [0.1, 0.15) is 0 Å². The van der Waals surface area contributed by atoms with Crippen molar-refractivity contribution in [2.24, 2.45) is 5.84 Å². The van der Waals surface area contributed by atoms with Crippen molar-refractivity contribution in [2.75, 3.05) is 10.7 Å². The number of benzene rings is 1. The zero-order valence-electron chi connectivity index (χ0n) is 8.61. The molecule has 1 heterocycles. The molecule has 0 radical (unpaired) electrons. The highest BCUT2D eigenvalue weighted by Crippen LogP contribution is 2.22. The maximum Gasteiger partial charge on any atom is 0.160 e. The number of halogens is 2. The minimum atomic E-state index is -0.275. The number of nitrogens with zero attached hydrogens (tertiary/aromatic N) is 2. The van der Waals surface area contributed by atoms with E-state index in [2.05, 4.69) is 20.7 Å². The van der Waals surface area contributed by atoms with Crippen LogP contribution in [0.5, 0.6) is 0 Å². The van der Waals surface area contributed by atoms with Crippen molar-refractivity contribution in [3.05, 3.63) is 40.0 Å². The number of anilines is 3. The Morgan fingerprint density at radius 1 is 1.24 bits per heavy atom. The van der Waals surface area contributed by atoms with Gasteiger partial charge in [0.2, 0.25) is 0 Å². The normalized spacial score (nSPS) is 10.1. The molecular weight excluding hydrogens is 336 g/mol. The first-order chi connectivity index (χ1) is 8.19. The van der Waals surface area contributed by atoms with Gasteiger partial charge in [-0.1, -0.05) is 0 Å². The third-order valence-electron chi connectivity index (χ3n) is 1.98. The Hall–Kier alpha value is -1.48. The van der Waals surface area contributed by atoms with Gasteiger partial charge >= 0.3 is 0 Å². The average Bonchev–Trinajstić information content (AvgIpc) is 2.33. The van der Waals surface area contributed by atoms with Crippen molar-refractivity contribution in [1.29, 1.82) is 0 Å². The third-order valence-corrected chi connectivity index (χ3v) is 2.87. The summed E-state index contributed by atoms with van der Waals surface area (Å²) in [5.41, 5.74) is 3.16. The molecule has 0 saturated carbocycles. The summed E-state index contributed by atoms with van der Waals surface area (Å²) in [6, 6.07) is 4.45. The highest BCUT2D eigenvalue weighted by Gasteiger charge is 2.03. The van der Waals surface area contributed by atoms with Gasteiger partial charge in [0.25, 0.3) is 0 Å². The van der Waals surface area contributed by atoms with E-state index in [1.807, 2.05) is 22.6 Å². The molecule has 0 atom stereocenters. The quantitative estimate of drug-likeness (QED) is 0.452. The van der Waals surface area contributed by atoms with E-state index in [4.69, 9.17) is 5.84 Å². The molecule has 0 unspecified atom stereocenters. The standard InChI is InChI=1S/C10H9FIN5/c11-6-1-2-8(7(12)3-6)15-9-4-14-5-10(16-9)17-13/h1-5H,13H2,(H2,15,16,17). The molecule has 0 bridgehead atoms. The van der Waals surface area contributed by atoms with Crippen LogP contribution in [0.15, 0.2) is 30.6 Å². The Labute approximate surface area is 111 Å². The van der Waals surface area contributed by atoms with Crippen molar-refractivity contribution < 1.29 is 4.39 Å². The summed E-state index contributed by atoms with van der Waals surface area (Å²) < 4.78 is 13.7. The molecule has 0 aliphatic rings. The van der Waals surface area contributed by atoms with E-state index in [0.29, 0.717) is 11.6 Å². The number of nitrogens with two attached hydrogens (primary N) is 1. The van der Waals surface area contributed by atoms with E-state index in [1.54, 1.807) is 12.3 Å². The predicted molar refractivity (Wildman–Crippen MR) is 72.2 cm³/mol. The van der Waals surface area contributed by atoms with E-state index in [0.717, 1.165) is 9.26 Å². The largest absolute Gasteiger partial charge is 0.338 e. The zero-order chi connectivity index (χ0) is 12.3. The minimum absolute atomic E-state index is 0.275. The number of nitrogen functional groups attached to an aromatic ring is 1. The Morgan fingerprint density at radius 2 is 2.00 bits per heavy atom. The number of hydrazine groups is 1. The molecule has 4 N–H and O–H groups in total. The number of rotatable bonds is 3. The number of hydrogen-bond acceptors (Lipinski definition) is 5. The molecule has 0 spiro atoms. The molecule has 0 aliphatic carbocycles. The molecule has 0 amide bonds. The molecule has 1 aromatic heterocycles. The van der Waals surface area contributed by atoms with Gasteiger partial charge in [-0.3, -0.25) is 4.98 Å². The van der Waals surface area contributed by atoms with E-state index in [1.165, 1.54) is 18.3 Å². The van der Waals surface area contributed by atoms with Crippen molar-refractivity contribution >= 4 is 39.9 Å². The minimum Gasteiger partial charge on any atom is -0.338 e. The van der Waals surface area contributed by atoms with Crippen LogP contribution in [0.3, 0.4) is 0 Å². The van der Waals surface area contributed by atoms with Crippen molar-refractivity contribution in [3.63, 3.8) is 0 Å². The maximum absolute atomic E-state index is 12.9. The van der Waals surface area contributed by atoms with Gasteiger partial charge < -0.3 is 10.7 Å². The molecule has 2 rings (SSSR count). The van der Waals surface area contributed by atoms with Crippen LogP contribution in [0.25, 0.3) is 0 Å². The lowest BCUT2D eigenvalue weighted by molar-refractivity contribution is 0.627. The second-order valence-electron chi connectivity index (χ2n) is 3.18. The Kier molecular flexibility index (Phi) is 3.69. The summed E-state index contributed by atoms with van der Waals surface area (Å²) in [6.45, 7) is 0. The second-order valence-corrected chi connectivity index (χ2v) is 4.35. The highest BCUT2D eigenvalue weighted by atomic mass is 127. The molecule has 0 aliphatic heterocycles. The summed E-state index contributed by atoms with van der Waals surface area (Å²) in [5.74, 6) is 5.94. The Balaban J connectivity index is 2.25. The number of nitrogens with one attached hydrogen (secondary N) is 2. The van der Waals surface area contributed by atoms with E-state index >= 15 is 0 Å². The highest BCUT2D eigenvalue weighted by molar-refractivity contribution is 14.1. The second kappa shape index (κ2) is 5.23. The van der Waals surface area contributed by atoms with Crippen LogP contribution in [-0.4, -0.2) is 9.97 Å². The van der Waals surface area contributed by atoms with Gasteiger partial charge in [0.05, 0.1) is 18.1 Å². The van der Waals surface area contributed by atoms with Gasteiger partial charge in [-0.2, -0.15) is 0 Å². The van der Waals surface area contributed by atoms with Gasteiger partial charge in [-0.15, -0.1) is 0 Å². The van der Waals surface area contributed by atoms with Gasteiger partial charge in [0.15, 0.2) is 11.6 Å². The molecule has 5 nitrogen and oxygen atoms in total. The summed E-state index contributed by atoms with van der Waals surface area (Å²) in [7, 11) is 0. The monoisotopic (exact) mass is 345 g/mol. The van der Waals surface area contributed by atoms with Gasteiger partial charge in [-0.25, -0.2) is 15.2 Å². The first kappa shape index (κ1) is 12.0. The van der Waals surface area contributed by atoms with E-state index in [-0.39, 0.29) is 5.82 Å². The Bertz CT molecular complexity index is 534. The van der Waals surface area contributed by atoms with Crippen LogP contribution in [-0.2, 0) is 0 Å².